The molecule has 0 aliphatic heterocycles. The number of hydrogen-bond donors (Lipinski definition) is 0. The molecule has 0 radical (unpaired) electrons. The van der Waals surface area contributed by atoms with Crippen LogP contribution in [0.2, 0.25) is 0 Å². The van der Waals surface area contributed by atoms with Crippen LogP contribution in [-0.2, 0) is 0 Å². The second-order valence-corrected chi connectivity index (χ2v) is 12.4. The molecule has 0 saturated carbocycles. The molecule has 0 bridgehead atoms. The summed E-state index contributed by atoms with van der Waals surface area (Å²) < 4.78 is 0. The lowest BCUT2D eigenvalue weighted by molar-refractivity contribution is 1.12. The van der Waals surface area contributed by atoms with Crippen LogP contribution in [0.25, 0.3) is 78.5 Å². The van der Waals surface area contributed by atoms with Crippen LogP contribution >= 0.6 is 0 Å². The monoisotopic (exact) mass is 643 g/mol. The van der Waals surface area contributed by atoms with Gasteiger partial charge in [0.15, 0.2) is 5.82 Å². The van der Waals surface area contributed by atoms with E-state index < -0.39 is 0 Å². The van der Waals surface area contributed by atoms with Crippen molar-refractivity contribution in [2.75, 3.05) is 0 Å². The van der Waals surface area contributed by atoms with Crippen molar-refractivity contribution in [1.82, 2.24) is 24.9 Å². The minimum Gasteiger partial charge on any atom is -0.258 e. The molecule has 8 rings (SSSR count). The smallest absolute Gasteiger partial charge is 0.160 e. The Morgan fingerprint density at radius 1 is 0.340 bits per heavy atom. The molecule has 0 aliphatic carbocycles. The largest absolute Gasteiger partial charge is 0.258 e. The lowest BCUT2D eigenvalue weighted by Crippen LogP contribution is -1.97. The Kier molecular flexibility index (Phi) is 8.29. The van der Waals surface area contributed by atoms with Crippen molar-refractivity contribution in [3.63, 3.8) is 0 Å². The number of hydrogen-bond acceptors (Lipinski definition) is 5. The van der Waals surface area contributed by atoms with Crippen LogP contribution in [0.3, 0.4) is 0 Å². The number of nitrogens with zero attached hydrogens (tertiary/aromatic N) is 5. The van der Waals surface area contributed by atoms with Gasteiger partial charge in [-0.2, -0.15) is 0 Å². The highest BCUT2D eigenvalue weighted by Crippen LogP contribution is 2.35. The van der Waals surface area contributed by atoms with Gasteiger partial charge in [-0.05, 0) is 89.7 Å². The predicted molar refractivity (Wildman–Crippen MR) is 203 cm³/mol. The summed E-state index contributed by atoms with van der Waals surface area (Å²) in [5.41, 5.74) is 15.4. The molecule has 0 unspecified atom stereocenters. The van der Waals surface area contributed by atoms with Gasteiger partial charge in [0.2, 0.25) is 0 Å². The minimum atomic E-state index is 0.672. The maximum absolute atomic E-state index is 5.16. The molecular formula is C45H33N5. The average Bonchev–Trinajstić information content (AvgIpc) is 3.18. The zero-order chi connectivity index (χ0) is 33.9. The van der Waals surface area contributed by atoms with E-state index in [2.05, 4.69) is 124 Å². The second kappa shape index (κ2) is 13.5. The van der Waals surface area contributed by atoms with Gasteiger partial charge < -0.3 is 0 Å². The Hall–Kier alpha value is -6.59. The fourth-order valence-electron chi connectivity index (χ4n) is 6.33. The molecule has 0 fully saturated rings. The first-order valence-corrected chi connectivity index (χ1v) is 16.6. The topological polar surface area (TPSA) is 64.5 Å². The van der Waals surface area contributed by atoms with Crippen LogP contribution in [0.5, 0.6) is 0 Å². The van der Waals surface area contributed by atoms with Gasteiger partial charge in [-0.1, -0.05) is 109 Å². The van der Waals surface area contributed by atoms with Gasteiger partial charge in [0, 0.05) is 39.8 Å². The molecule has 5 heteroatoms. The van der Waals surface area contributed by atoms with E-state index in [-0.39, 0.29) is 0 Å². The van der Waals surface area contributed by atoms with Gasteiger partial charge >= 0.3 is 0 Å². The first-order valence-electron chi connectivity index (χ1n) is 16.6. The Bertz CT molecular complexity index is 2330. The average molecular weight is 644 g/mol. The van der Waals surface area contributed by atoms with Gasteiger partial charge in [-0.25, -0.2) is 19.9 Å². The highest BCUT2D eigenvalue weighted by atomic mass is 14.9. The molecule has 50 heavy (non-hydrogen) atoms. The van der Waals surface area contributed by atoms with E-state index in [9.17, 15) is 0 Å². The summed E-state index contributed by atoms with van der Waals surface area (Å²) in [6.07, 6.45) is 3.34. The second-order valence-electron chi connectivity index (χ2n) is 12.4. The molecule has 0 saturated heterocycles. The van der Waals surface area contributed by atoms with Gasteiger partial charge in [0.25, 0.3) is 0 Å². The lowest BCUT2D eigenvalue weighted by atomic mass is 9.94. The van der Waals surface area contributed by atoms with E-state index in [1.165, 1.54) is 5.56 Å². The molecule has 3 aromatic heterocycles. The zero-order valence-electron chi connectivity index (χ0n) is 27.8. The summed E-state index contributed by atoms with van der Waals surface area (Å²) in [7, 11) is 0. The molecule has 5 nitrogen and oxygen atoms in total. The maximum atomic E-state index is 5.16. The van der Waals surface area contributed by atoms with Crippen molar-refractivity contribution in [2.45, 2.75) is 13.8 Å². The Morgan fingerprint density at radius 2 is 0.780 bits per heavy atom. The van der Waals surface area contributed by atoms with E-state index in [0.717, 1.165) is 78.5 Å². The summed E-state index contributed by atoms with van der Waals surface area (Å²) in [6, 6.07) is 52.8. The lowest BCUT2D eigenvalue weighted by Gasteiger charge is -2.14. The molecule has 5 aromatic carbocycles. The normalized spacial score (nSPS) is 11.0. The standard InChI is InChI=1S/C45H33N5/c1-30-23-38(24-31(2)48-30)32-13-15-33(16-14-32)39-25-40(34-17-19-37(20-18-34)42-21-22-46-29-47-42)27-41(26-39)45-49-43(35-9-5-3-6-10-35)28-44(50-45)36-11-7-4-8-12-36/h3-29H,1-2H3. The third-order valence-electron chi connectivity index (χ3n) is 8.79. The molecule has 0 amide bonds. The zero-order valence-corrected chi connectivity index (χ0v) is 27.8. The van der Waals surface area contributed by atoms with E-state index >= 15 is 0 Å². The quantitative estimate of drug-likeness (QED) is 0.173. The van der Waals surface area contributed by atoms with E-state index in [4.69, 9.17) is 9.97 Å². The van der Waals surface area contributed by atoms with Gasteiger partial charge in [-0.15, -0.1) is 0 Å². The first-order chi connectivity index (χ1) is 24.6. The number of aromatic nitrogens is 5. The van der Waals surface area contributed by atoms with Crippen molar-refractivity contribution in [2.24, 2.45) is 0 Å². The Morgan fingerprint density at radius 3 is 1.26 bits per heavy atom. The van der Waals surface area contributed by atoms with Crippen molar-refractivity contribution in [3.05, 3.63) is 176 Å². The number of pyridine rings is 1. The summed E-state index contributed by atoms with van der Waals surface area (Å²) in [5.74, 6) is 0.672. The number of aryl methyl sites for hydroxylation is 2. The van der Waals surface area contributed by atoms with E-state index in [1.54, 1.807) is 12.5 Å². The van der Waals surface area contributed by atoms with Crippen molar-refractivity contribution >= 4 is 0 Å². The van der Waals surface area contributed by atoms with Gasteiger partial charge in [0.1, 0.15) is 6.33 Å². The summed E-state index contributed by atoms with van der Waals surface area (Å²) >= 11 is 0. The van der Waals surface area contributed by atoms with E-state index in [1.807, 2.05) is 56.3 Å². The molecule has 0 aliphatic rings. The van der Waals surface area contributed by atoms with Crippen molar-refractivity contribution < 1.29 is 0 Å². The third-order valence-corrected chi connectivity index (χ3v) is 8.79. The first kappa shape index (κ1) is 30.7. The number of benzene rings is 5. The molecule has 3 heterocycles. The predicted octanol–water partition coefficient (Wildman–Crippen LogP) is 10.9. The van der Waals surface area contributed by atoms with Crippen LogP contribution in [0.1, 0.15) is 11.4 Å². The van der Waals surface area contributed by atoms with Gasteiger partial charge in [0.05, 0.1) is 17.1 Å². The summed E-state index contributed by atoms with van der Waals surface area (Å²) in [5, 5.41) is 0. The molecular weight excluding hydrogens is 611 g/mol. The SMILES string of the molecule is Cc1cc(-c2ccc(-c3cc(-c4ccc(-c5ccncn5)cc4)cc(-c4nc(-c5ccccc5)cc(-c5ccccc5)n4)c3)cc2)cc(C)n1. The van der Waals surface area contributed by atoms with Crippen LogP contribution in [0.4, 0.5) is 0 Å². The molecule has 238 valence electrons. The highest BCUT2D eigenvalue weighted by Gasteiger charge is 2.14. The van der Waals surface area contributed by atoms with Crippen LogP contribution < -0.4 is 0 Å². The molecule has 8 aromatic rings. The maximum Gasteiger partial charge on any atom is 0.160 e. The molecule has 0 N–H and O–H groups in total. The minimum absolute atomic E-state index is 0.672. The van der Waals surface area contributed by atoms with Crippen molar-refractivity contribution in [3.8, 4) is 78.5 Å². The van der Waals surface area contributed by atoms with E-state index in [0.29, 0.717) is 5.82 Å². The molecule has 0 spiro atoms. The van der Waals surface area contributed by atoms with Crippen molar-refractivity contribution in [1.29, 1.82) is 0 Å². The third kappa shape index (κ3) is 6.58. The van der Waals surface area contributed by atoms with Crippen LogP contribution in [0.15, 0.2) is 164 Å². The Labute approximate surface area is 292 Å². The fourth-order valence-corrected chi connectivity index (χ4v) is 6.33. The number of rotatable bonds is 7. The Balaban J connectivity index is 1.27. The molecule has 0 atom stereocenters. The summed E-state index contributed by atoms with van der Waals surface area (Å²) in [6.45, 7) is 4.08. The summed E-state index contributed by atoms with van der Waals surface area (Å²) in [4.78, 5) is 23.4. The fraction of sp³-hybridized carbons (Fsp3) is 0.0444. The van der Waals surface area contributed by atoms with Crippen LogP contribution in [0, 0.1) is 13.8 Å². The van der Waals surface area contributed by atoms with Gasteiger partial charge in [-0.3, -0.25) is 4.98 Å². The van der Waals surface area contributed by atoms with Crippen LogP contribution in [-0.4, -0.2) is 24.9 Å². The highest BCUT2D eigenvalue weighted by molar-refractivity contribution is 5.82.